The van der Waals surface area contributed by atoms with Gasteiger partial charge in [0.25, 0.3) is 0 Å². The van der Waals surface area contributed by atoms with E-state index in [-0.39, 0.29) is 22.3 Å². The van der Waals surface area contributed by atoms with E-state index in [1.54, 1.807) is 25.2 Å². The molecule has 0 amide bonds. The molecule has 0 aliphatic rings. The fourth-order valence-corrected chi connectivity index (χ4v) is 2.76. The first-order chi connectivity index (χ1) is 10.0. The van der Waals surface area contributed by atoms with Gasteiger partial charge in [-0.25, -0.2) is 13.6 Å². The predicted octanol–water partition coefficient (Wildman–Crippen LogP) is 3.43. The van der Waals surface area contributed by atoms with Gasteiger partial charge >= 0.3 is 5.69 Å². The molecule has 0 aliphatic carbocycles. The van der Waals surface area contributed by atoms with Gasteiger partial charge in [-0.2, -0.15) is 0 Å². The Kier molecular flexibility index (Phi) is 3.41. The van der Waals surface area contributed by atoms with Crippen LogP contribution >= 0.6 is 15.9 Å². The van der Waals surface area contributed by atoms with Crippen LogP contribution in [0.3, 0.4) is 0 Å². The molecule has 0 radical (unpaired) electrons. The molecule has 3 aromatic rings. The quantitative estimate of drug-likeness (QED) is 0.649. The minimum absolute atomic E-state index is 0.136. The maximum absolute atomic E-state index is 14.1. The summed E-state index contributed by atoms with van der Waals surface area (Å²) in [6, 6.07) is 9.63. The summed E-state index contributed by atoms with van der Waals surface area (Å²) in [7, 11) is 1.63. The van der Waals surface area contributed by atoms with Crippen molar-refractivity contribution in [1.29, 1.82) is 0 Å². The van der Waals surface area contributed by atoms with Gasteiger partial charge in [0.05, 0.1) is 22.1 Å². The Bertz CT molecular complexity index is 899. The number of benzene rings is 2. The maximum atomic E-state index is 14.1. The van der Waals surface area contributed by atoms with Gasteiger partial charge in [0, 0.05) is 12.6 Å². The average molecular weight is 353 g/mol. The monoisotopic (exact) mass is 352 g/mol. The SMILES string of the molecule is Cn1c(=O)n(Cc2c(F)ccc(Br)c2F)c2ccccc21. The molecule has 108 valence electrons. The molecule has 6 heteroatoms. The molecule has 0 fully saturated rings. The summed E-state index contributed by atoms with van der Waals surface area (Å²) >= 11 is 3.03. The van der Waals surface area contributed by atoms with Gasteiger partial charge in [-0.1, -0.05) is 12.1 Å². The van der Waals surface area contributed by atoms with Gasteiger partial charge in [0.1, 0.15) is 11.6 Å². The highest BCUT2D eigenvalue weighted by Crippen LogP contribution is 2.23. The lowest BCUT2D eigenvalue weighted by Crippen LogP contribution is -2.23. The van der Waals surface area contributed by atoms with Crippen LogP contribution in [0.4, 0.5) is 8.78 Å². The molecule has 0 N–H and O–H groups in total. The highest BCUT2D eigenvalue weighted by atomic mass is 79.9. The number of rotatable bonds is 2. The Hall–Kier alpha value is -1.95. The number of halogens is 3. The normalized spacial score (nSPS) is 11.2. The summed E-state index contributed by atoms with van der Waals surface area (Å²) < 4.78 is 30.9. The molecule has 0 saturated carbocycles. The van der Waals surface area contributed by atoms with E-state index in [1.807, 2.05) is 6.07 Å². The molecular formula is C15H11BrF2N2O. The van der Waals surface area contributed by atoms with Crippen molar-refractivity contribution in [2.45, 2.75) is 6.54 Å². The van der Waals surface area contributed by atoms with Crippen molar-refractivity contribution in [2.24, 2.45) is 7.05 Å². The second-order valence-electron chi connectivity index (χ2n) is 4.74. The smallest absolute Gasteiger partial charge is 0.295 e. The minimum atomic E-state index is -0.685. The van der Waals surface area contributed by atoms with Crippen LogP contribution in [0.5, 0.6) is 0 Å². The first-order valence-electron chi connectivity index (χ1n) is 6.27. The van der Waals surface area contributed by atoms with Crippen LogP contribution in [0.15, 0.2) is 45.7 Å². The fraction of sp³-hybridized carbons (Fsp3) is 0.133. The molecule has 0 aliphatic heterocycles. The fourth-order valence-electron chi connectivity index (χ4n) is 2.39. The van der Waals surface area contributed by atoms with E-state index in [0.29, 0.717) is 5.52 Å². The van der Waals surface area contributed by atoms with E-state index in [1.165, 1.54) is 21.3 Å². The molecule has 0 unspecified atom stereocenters. The van der Waals surface area contributed by atoms with Gasteiger partial charge in [-0.05, 0) is 40.2 Å². The van der Waals surface area contributed by atoms with Crippen molar-refractivity contribution in [3.63, 3.8) is 0 Å². The second-order valence-corrected chi connectivity index (χ2v) is 5.59. The standard InChI is InChI=1S/C15H11BrF2N2O/c1-19-12-4-2-3-5-13(12)20(15(19)21)8-9-11(17)7-6-10(16)14(9)18/h2-7H,8H2,1H3. The lowest BCUT2D eigenvalue weighted by Gasteiger charge is -2.07. The van der Waals surface area contributed by atoms with E-state index in [0.717, 1.165) is 5.52 Å². The first kappa shape index (κ1) is 14.0. The summed E-state index contributed by atoms with van der Waals surface area (Å²) in [6.45, 7) is -0.155. The average Bonchev–Trinajstić information content (AvgIpc) is 2.72. The number of para-hydroxylation sites is 2. The zero-order chi connectivity index (χ0) is 15.1. The lowest BCUT2D eigenvalue weighted by atomic mass is 10.2. The Morgan fingerprint density at radius 3 is 2.48 bits per heavy atom. The number of nitrogens with zero attached hydrogens (tertiary/aromatic N) is 2. The molecule has 0 spiro atoms. The van der Waals surface area contributed by atoms with Crippen molar-refractivity contribution in [1.82, 2.24) is 9.13 Å². The maximum Gasteiger partial charge on any atom is 0.329 e. The molecular weight excluding hydrogens is 342 g/mol. The first-order valence-corrected chi connectivity index (χ1v) is 7.06. The van der Waals surface area contributed by atoms with Gasteiger partial charge < -0.3 is 0 Å². The Labute approximate surface area is 127 Å². The minimum Gasteiger partial charge on any atom is -0.295 e. The van der Waals surface area contributed by atoms with E-state index >= 15 is 0 Å². The highest BCUT2D eigenvalue weighted by Gasteiger charge is 2.16. The van der Waals surface area contributed by atoms with Crippen molar-refractivity contribution in [3.8, 4) is 0 Å². The summed E-state index contributed by atoms with van der Waals surface area (Å²) in [5.41, 5.74) is 0.917. The molecule has 0 atom stereocenters. The molecule has 1 heterocycles. The third kappa shape index (κ3) is 2.19. The summed E-state index contributed by atoms with van der Waals surface area (Å²) in [4.78, 5) is 12.3. The number of hydrogen-bond donors (Lipinski definition) is 0. The zero-order valence-electron chi connectivity index (χ0n) is 11.1. The number of aryl methyl sites for hydroxylation is 1. The largest absolute Gasteiger partial charge is 0.329 e. The lowest BCUT2D eigenvalue weighted by molar-refractivity contribution is 0.539. The second kappa shape index (κ2) is 5.11. The van der Waals surface area contributed by atoms with E-state index in [9.17, 15) is 13.6 Å². The van der Waals surface area contributed by atoms with Crippen LogP contribution in [0.1, 0.15) is 5.56 Å². The third-order valence-electron chi connectivity index (χ3n) is 3.51. The van der Waals surface area contributed by atoms with Gasteiger partial charge in [-0.15, -0.1) is 0 Å². The van der Waals surface area contributed by atoms with Crippen molar-refractivity contribution in [3.05, 3.63) is 68.6 Å². The Morgan fingerprint density at radius 2 is 1.76 bits per heavy atom. The van der Waals surface area contributed by atoms with Crippen molar-refractivity contribution < 1.29 is 8.78 Å². The van der Waals surface area contributed by atoms with Crippen molar-refractivity contribution in [2.75, 3.05) is 0 Å². The molecule has 21 heavy (non-hydrogen) atoms. The van der Waals surface area contributed by atoms with Crippen LogP contribution in [0.2, 0.25) is 0 Å². The number of hydrogen-bond acceptors (Lipinski definition) is 1. The van der Waals surface area contributed by atoms with Gasteiger partial charge in [0.15, 0.2) is 0 Å². The van der Waals surface area contributed by atoms with E-state index < -0.39 is 11.6 Å². The number of fused-ring (bicyclic) bond motifs is 1. The van der Waals surface area contributed by atoms with E-state index in [2.05, 4.69) is 15.9 Å². The Balaban J connectivity index is 2.22. The Morgan fingerprint density at radius 1 is 1.10 bits per heavy atom. The topological polar surface area (TPSA) is 26.9 Å². The van der Waals surface area contributed by atoms with Crippen LogP contribution < -0.4 is 5.69 Å². The van der Waals surface area contributed by atoms with Crippen LogP contribution in [-0.4, -0.2) is 9.13 Å². The third-order valence-corrected chi connectivity index (χ3v) is 4.12. The molecule has 1 aromatic heterocycles. The molecule has 3 nitrogen and oxygen atoms in total. The number of aromatic nitrogens is 2. The van der Waals surface area contributed by atoms with Gasteiger partial charge in [-0.3, -0.25) is 9.13 Å². The van der Waals surface area contributed by atoms with E-state index in [4.69, 9.17) is 0 Å². The zero-order valence-corrected chi connectivity index (χ0v) is 12.7. The van der Waals surface area contributed by atoms with Crippen molar-refractivity contribution >= 4 is 27.0 Å². The molecule has 2 aromatic carbocycles. The van der Waals surface area contributed by atoms with Crippen LogP contribution in [-0.2, 0) is 13.6 Å². The van der Waals surface area contributed by atoms with Crippen LogP contribution in [0, 0.1) is 11.6 Å². The molecule has 0 bridgehead atoms. The summed E-state index contributed by atoms with van der Waals surface area (Å²) in [5, 5.41) is 0. The van der Waals surface area contributed by atoms with Gasteiger partial charge in [0.2, 0.25) is 0 Å². The molecule has 0 saturated heterocycles. The summed E-state index contributed by atoms with van der Waals surface area (Å²) in [6.07, 6.45) is 0. The highest BCUT2D eigenvalue weighted by molar-refractivity contribution is 9.10. The number of imidazole rings is 1. The summed E-state index contributed by atoms with van der Waals surface area (Å²) in [5.74, 6) is -1.36. The predicted molar refractivity (Wildman–Crippen MR) is 80.3 cm³/mol. The molecule has 3 rings (SSSR count). The van der Waals surface area contributed by atoms with Crippen LogP contribution in [0.25, 0.3) is 11.0 Å².